The van der Waals surface area contributed by atoms with Crippen molar-refractivity contribution in [1.82, 2.24) is 10.2 Å². The van der Waals surface area contributed by atoms with Gasteiger partial charge in [-0.2, -0.15) is 0 Å². The highest BCUT2D eigenvalue weighted by Crippen LogP contribution is 2.16. The summed E-state index contributed by atoms with van der Waals surface area (Å²) in [6.45, 7) is 5.14. The van der Waals surface area contributed by atoms with E-state index in [9.17, 15) is 9.59 Å². The molecule has 0 aliphatic carbocycles. The van der Waals surface area contributed by atoms with Crippen molar-refractivity contribution in [1.29, 1.82) is 0 Å². The summed E-state index contributed by atoms with van der Waals surface area (Å²) >= 11 is 0. The van der Waals surface area contributed by atoms with Gasteiger partial charge in [0.05, 0.1) is 7.11 Å². The van der Waals surface area contributed by atoms with Gasteiger partial charge in [0.1, 0.15) is 5.75 Å². The van der Waals surface area contributed by atoms with Crippen molar-refractivity contribution in [2.45, 2.75) is 32.7 Å². The molecule has 0 aliphatic rings. The van der Waals surface area contributed by atoms with Crippen LogP contribution < -0.4 is 15.4 Å². The third-order valence-electron chi connectivity index (χ3n) is 4.46. The quantitative estimate of drug-likeness (QED) is 0.724. The van der Waals surface area contributed by atoms with Crippen LogP contribution in [0.15, 0.2) is 48.5 Å². The van der Waals surface area contributed by atoms with E-state index in [0.717, 1.165) is 11.3 Å². The van der Waals surface area contributed by atoms with Crippen LogP contribution in [-0.2, 0) is 11.3 Å². The zero-order valence-electron chi connectivity index (χ0n) is 17.0. The van der Waals surface area contributed by atoms with E-state index in [2.05, 4.69) is 48.7 Å². The number of hydrogen-bond acceptors (Lipinski definition) is 3. The Morgan fingerprint density at radius 3 is 2.25 bits per heavy atom. The summed E-state index contributed by atoms with van der Waals surface area (Å²) in [5, 5.41) is 5.42. The SMILES string of the molecule is COc1ccc(NC(=O)NCCC(=O)N(C)Cc2ccc(C(C)C)cc2)cc1. The number of carbonyl (C=O) groups is 2. The van der Waals surface area contributed by atoms with Gasteiger partial charge in [0.25, 0.3) is 0 Å². The number of amides is 3. The Kier molecular flexibility index (Phi) is 7.87. The number of anilines is 1. The summed E-state index contributed by atoms with van der Waals surface area (Å²) in [7, 11) is 3.36. The fraction of sp³-hybridized carbons (Fsp3) is 0.364. The van der Waals surface area contributed by atoms with Crippen molar-refractivity contribution < 1.29 is 14.3 Å². The normalized spacial score (nSPS) is 10.5. The van der Waals surface area contributed by atoms with Gasteiger partial charge in [-0.1, -0.05) is 38.1 Å². The average molecular weight is 383 g/mol. The number of rotatable bonds is 8. The van der Waals surface area contributed by atoms with Gasteiger partial charge in [0.15, 0.2) is 0 Å². The van der Waals surface area contributed by atoms with E-state index in [1.165, 1.54) is 5.56 Å². The van der Waals surface area contributed by atoms with Gasteiger partial charge >= 0.3 is 6.03 Å². The largest absolute Gasteiger partial charge is 0.497 e. The zero-order valence-corrected chi connectivity index (χ0v) is 17.0. The molecule has 0 aliphatic heterocycles. The predicted molar refractivity (Wildman–Crippen MR) is 112 cm³/mol. The molecule has 150 valence electrons. The molecule has 2 rings (SSSR count). The summed E-state index contributed by atoms with van der Waals surface area (Å²) in [4.78, 5) is 25.9. The average Bonchev–Trinajstić information content (AvgIpc) is 2.68. The fourth-order valence-electron chi connectivity index (χ4n) is 2.69. The van der Waals surface area contributed by atoms with Crippen molar-refractivity contribution in [2.75, 3.05) is 26.0 Å². The topological polar surface area (TPSA) is 70.7 Å². The van der Waals surface area contributed by atoms with Crippen molar-refractivity contribution in [3.63, 3.8) is 0 Å². The number of hydrogen-bond donors (Lipinski definition) is 2. The van der Waals surface area contributed by atoms with Crippen LogP contribution in [0.5, 0.6) is 5.75 Å². The third kappa shape index (κ3) is 6.61. The fourth-order valence-corrected chi connectivity index (χ4v) is 2.69. The van der Waals surface area contributed by atoms with Gasteiger partial charge in [0.2, 0.25) is 5.91 Å². The number of carbonyl (C=O) groups excluding carboxylic acids is 2. The minimum absolute atomic E-state index is 0.0160. The molecule has 0 radical (unpaired) electrons. The Bertz CT molecular complexity index is 771. The Labute approximate surface area is 166 Å². The molecule has 0 unspecified atom stereocenters. The number of benzene rings is 2. The highest BCUT2D eigenvalue weighted by atomic mass is 16.5. The first-order chi connectivity index (χ1) is 13.4. The van der Waals surface area contributed by atoms with Crippen LogP contribution in [0.3, 0.4) is 0 Å². The van der Waals surface area contributed by atoms with Crippen LogP contribution in [-0.4, -0.2) is 37.5 Å². The maximum Gasteiger partial charge on any atom is 0.319 e. The monoisotopic (exact) mass is 383 g/mol. The van der Waals surface area contributed by atoms with E-state index in [1.54, 1.807) is 43.3 Å². The zero-order chi connectivity index (χ0) is 20.5. The molecule has 3 amide bonds. The van der Waals surface area contributed by atoms with Crippen LogP contribution in [0.4, 0.5) is 10.5 Å². The summed E-state index contributed by atoms with van der Waals surface area (Å²) in [5.74, 6) is 1.19. The molecule has 2 aromatic rings. The summed E-state index contributed by atoms with van der Waals surface area (Å²) in [6.07, 6.45) is 0.247. The van der Waals surface area contributed by atoms with E-state index >= 15 is 0 Å². The lowest BCUT2D eigenvalue weighted by Gasteiger charge is -2.18. The predicted octanol–water partition coefficient (Wildman–Crippen LogP) is 3.99. The molecule has 0 bridgehead atoms. The molecule has 2 aromatic carbocycles. The van der Waals surface area contributed by atoms with Crippen molar-refractivity contribution in [2.24, 2.45) is 0 Å². The van der Waals surface area contributed by atoms with Crippen molar-refractivity contribution in [3.05, 3.63) is 59.7 Å². The first-order valence-electron chi connectivity index (χ1n) is 9.40. The minimum Gasteiger partial charge on any atom is -0.497 e. The number of nitrogens with one attached hydrogen (secondary N) is 2. The second kappa shape index (κ2) is 10.3. The molecule has 6 heteroatoms. The van der Waals surface area contributed by atoms with Crippen LogP contribution in [0, 0.1) is 0 Å². The lowest BCUT2D eigenvalue weighted by Crippen LogP contribution is -2.34. The number of methoxy groups -OCH3 is 1. The van der Waals surface area contributed by atoms with Crippen molar-refractivity contribution in [3.8, 4) is 5.75 Å². The van der Waals surface area contributed by atoms with Gasteiger partial charge < -0.3 is 20.3 Å². The maximum atomic E-state index is 12.3. The lowest BCUT2D eigenvalue weighted by molar-refractivity contribution is -0.130. The smallest absolute Gasteiger partial charge is 0.319 e. The first kappa shape index (κ1) is 21.3. The summed E-state index contributed by atoms with van der Waals surface area (Å²) in [6, 6.07) is 15.0. The van der Waals surface area contributed by atoms with Gasteiger partial charge in [0, 0.05) is 32.2 Å². The molecule has 28 heavy (non-hydrogen) atoms. The summed E-state index contributed by atoms with van der Waals surface area (Å²) < 4.78 is 5.08. The molecule has 0 saturated carbocycles. The molecule has 0 aromatic heterocycles. The molecule has 2 N–H and O–H groups in total. The molecule has 0 heterocycles. The Hall–Kier alpha value is -3.02. The van der Waals surface area contributed by atoms with E-state index in [1.807, 2.05) is 0 Å². The highest BCUT2D eigenvalue weighted by molar-refractivity contribution is 5.89. The molecule has 0 atom stereocenters. The van der Waals surface area contributed by atoms with Gasteiger partial charge in [-0.3, -0.25) is 4.79 Å². The third-order valence-corrected chi connectivity index (χ3v) is 4.46. The number of urea groups is 1. The maximum absolute atomic E-state index is 12.3. The van der Waals surface area contributed by atoms with E-state index in [4.69, 9.17) is 4.74 Å². The molecule has 6 nitrogen and oxygen atoms in total. The molecule has 0 fully saturated rings. The van der Waals surface area contributed by atoms with Crippen LogP contribution in [0.1, 0.15) is 37.3 Å². The second-order valence-electron chi connectivity index (χ2n) is 7.01. The number of nitrogens with zero attached hydrogens (tertiary/aromatic N) is 1. The lowest BCUT2D eigenvalue weighted by atomic mass is 10.0. The molecular weight excluding hydrogens is 354 g/mol. The minimum atomic E-state index is -0.343. The van der Waals surface area contributed by atoms with Crippen molar-refractivity contribution >= 4 is 17.6 Å². The van der Waals surface area contributed by atoms with E-state index in [-0.39, 0.29) is 24.9 Å². The first-order valence-corrected chi connectivity index (χ1v) is 9.40. The standard InChI is InChI=1S/C22H29N3O3/c1-16(2)18-7-5-17(6-8-18)15-25(3)21(26)13-14-23-22(27)24-19-9-11-20(28-4)12-10-19/h5-12,16H,13-15H2,1-4H3,(H2,23,24,27). The molecule has 0 spiro atoms. The van der Waals surface area contributed by atoms with Crippen LogP contribution in [0.2, 0.25) is 0 Å². The molecule has 0 saturated heterocycles. The Morgan fingerprint density at radius 1 is 1.04 bits per heavy atom. The van der Waals surface area contributed by atoms with E-state index < -0.39 is 0 Å². The van der Waals surface area contributed by atoms with Gasteiger partial charge in [-0.05, 0) is 41.3 Å². The van der Waals surface area contributed by atoms with Gasteiger partial charge in [-0.25, -0.2) is 4.79 Å². The highest BCUT2D eigenvalue weighted by Gasteiger charge is 2.10. The van der Waals surface area contributed by atoms with Crippen LogP contribution >= 0.6 is 0 Å². The van der Waals surface area contributed by atoms with Gasteiger partial charge in [-0.15, -0.1) is 0 Å². The van der Waals surface area contributed by atoms with Crippen LogP contribution in [0.25, 0.3) is 0 Å². The van der Waals surface area contributed by atoms with E-state index in [0.29, 0.717) is 18.2 Å². The second-order valence-corrected chi connectivity index (χ2v) is 7.01. The summed E-state index contributed by atoms with van der Waals surface area (Å²) in [5.41, 5.74) is 3.03. The number of ether oxygens (including phenoxy) is 1. The molecular formula is C22H29N3O3. The Morgan fingerprint density at radius 2 is 1.68 bits per heavy atom. The Balaban J connectivity index is 1.72.